The first-order valence-corrected chi connectivity index (χ1v) is 7.80. The van der Waals surface area contributed by atoms with E-state index in [0.717, 1.165) is 0 Å². The van der Waals surface area contributed by atoms with Crippen molar-refractivity contribution >= 4 is 23.5 Å². The molecule has 9 nitrogen and oxygen atoms in total. The van der Waals surface area contributed by atoms with Gasteiger partial charge in [0.1, 0.15) is 6.54 Å². The van der Waals surface area contributed by atoms with Crippen LogP contribution in [0.5, 0.6) is 0 Å². The highest BCUT2D eigenvalue weighted by Gasteiger charge is 2.21. The minimum absolute atomic E-state index is 0.0314. The summed E-state index contributed by atoms with van der Waals surface area (Å²) in [5.41, 5.74) is 0.118. The quantitative estimate of drug-likeness (QED) is 0.511. The normalized spacial score (nSPS) is 11.4. The molecule has 0 aromatic heterocycles. The van der Waals surface area contributed by atoms with Gasteiger partial charge in [-0.25, -0.2) is 0 Å². The predicted molar refractivity (Wildman–Crippen MR) is 89.1 cm³/mol. The van der Waals surface area contributed by atoms with Crippen LogP contribution in [0, 0.1) is 10.1 Å². The Morgan fingerprint density at radius 3 is 2.36 bits per heavy atom. The fourth-order valence-corrected chi connectivity index (χ4v) is 2.12. The molecule has 0 saturated heterocycles. The van der Waals surface area contributed by atoms with Crippen LogP contribution < -0.4 is 5.32 Å². The smallest absolute Gasteiger partial charge is 0.323 e. The monoisotopic (exact) mass is 351 g/mol. The number of carbonyl (C=O) groups excluding carboxylic acids is 2. The van der Waals surface area contributed by atoms with E-state index in [2.05, 4.69) is 5.32 Å². The topological polar surface area (TPSA) is 130 Å². The van der Waals surface area contributed by atoms with Gasteiger partial charge in [0.2, 0.25) is 5.91 Å². The molecular formula is C16H21N3O6. The second kappa shape index (κ2) is 9.36. The van der Waals surface area contributed by atoms with Crippen LogP contribution in [0.4, 0.5) is 5.69 Å². The fraction of sp³-hybridized carbons (Fsp3) is 0.438. The molecule has 1 aromatic carbocycles. The van der Waals surface area contributed by atoms with E-state index in [9.17, 15) is 24.5 Å². The maximum atomic E-state index is 12.2. The Bertz CT molecular complexity index is 644. The van der Waals surface area contributed by atoms with Crippen molar-refractivity contribution in [2.75, 3.05) is 13.1 Å². The highest BCUT2D eigenvalue weighted by Crippen LogP contribution is 2.12. The summed E-state index contributed by atoms with van der Waals surface area (Å²) < 4.78 is 0. The first-order chi connectivity index (χ1) is 11.8. The Balaban J connectivity index is 2.56. The molecule has 0 spiro atoms. The molecule has 0 aliphatic carbocycles. The number of carboxylic acid groups (broad SMARTS) is 1. The van der Waals surface area contributed by atoms with E-state index in [4.69, 9.17) is 5.11 Å². The SMILES string of the molecule is CCC(C)N(CC(=O)O)C(=O)CCNC(=O)c1ccc([N+](=O)[O-])cc1. The zero-order chi connectivity index (χ0) is 19.0. The molecule has 136 valence electrons. The van der Waals surface area contributed by atoms with Crippen LogP contribution in [0.15, 0.2) is 24.3 Å². The highest BCUT2D eigenvalue weighted by molar-refractivity contribution is 5.94. The van der Waals surface area contributed by atoms with Gasteiger partial charge in [-0.15, -0.1) is 0 Å². The molecule has 1 atom stereocenters. The fourth-order valence-electron chi connectivity index (χ4n) is 2.12. The summed E-state index contributed by atoms with van der Waals surface area (Å²) in [6, 6.07) is 4.87. The Morgan fingerprint density at radius 2 is 1.88 bits per heavy atom. The summed E-state index contributed by atoms with van der Waals surface area (Å²) in [7, 11) is 0. The number of aliphatic carboxylic acids is 1. The zero-order valence-corrected chi connectivity index (χ0v) is 14.1. The maximum absolute atomic E-state index is 12.2. The van der Waals surface area contributed by atoms with Gasteiger partial charge in [-0.2, -0.15) is 0 Å². The molecule has 0 saturated carbocycles. The summed E-state index contributed by atoms with van der Waals surface area (Å²) in [4.78, 5) is 46.2. The average molecular weight is 351 g/mol. The molecule has 2 amide bonds. The third-order valence-electron chi connectivity index (χ3n) is 3.71. The molecule has 0 bridgehead atoms. The standard InChI is InChI=1S/C16H21N3O6/c1-3-11(2)18(10-15(21)22)14(20)8-9-17-16(23)12-4-6-13(7-5-12)19(24)25/h4-7,11H,3,8-10H2,1-2H3,(H,17,23)(H,21,22). The first kappa shape index (κ1) is 20.1. The molecule has 0 aliphatic heterocycles. The highest BCUT2D eigenvalue weighted by atomic mass is 16.6. The van der Waals surface area contributed by atoms with Crippen LogP contribution in [0.2, 0.25) is 0 Å². The molecule has 9 heteroatoms. The first-order valence-electron chi connectivity index (χ1n) is 7.80. The average Bonchev–Trinajstić information content (AvgIpc) is 2.58. The Morgan fingerprint density at radius 1 is 1.28 bits per heavy atom. The third kappa shape index (κ3) is 6.21. The van der Waals surface area contributed by atoms with Crippen molar-refractivity contribution in [1.29, 1.82) is 0 Å². The number of hydrogen-bond acceptors (Lipinski definition) is 5. The van der Waals surface area contributed by atoms with Gasteiger partial charge in [0.25, 0.3) is 11.6 Å². The minimum atomic E-state index is -1.09. The number of nitrogens with one attached hydrogen (secondary N) is 1. The van der Waals surface area contributed by atoms with Crippen molar-refractivity contribution in [3.05, 3.63) is 39.9 Å². The lowest BCUT2D eigenvalue weighted by atomic mass is 10.2. The minimum Gasteiger partial charge on any atom is -0.480 e. The summed E-state index contributed by atoms with van der Waals surface area (Å²) in [5.74, 6) is -1.92. The molecule has 1 aromatic rings. The van der Waals surface area contributed by atoms with Gasteiger partial charge < -0.3 is 15.3 Å². The summed E-state index contributed by atoms with van der Waals surface area (Å²) in [6.45, 7) is 3.27. The third-order valence-corrected chi connectivity index (χ3v) is 3.71. The summed E-state index contributed by atoms with van der Waals surface area (Å²) >= 11 is 0. The number of amides is 2. The molecule has 1 rings (SSSR count). The zero-order valence-electron chi connectivity index (χ0n) is 14.1. The molecule has 0 radical (unpaired) electrons. The van der Waals surface area contributed by atoms with E-state index in [1.807, 2.05) is 6.92 Å². The number of hydrogen-bond donors (Lipinski definition) is 2. The molecule has 25 heavy (non-hydrogen) atoms. The van der Waals surface area contributed by atoms with Gasteiger partial charge in [0.05, 0.1) is 4.92 Å². The number of nitro benzene ring substituents is 1. The molecule has 0 fully saturated rings. The van der Waals surface area contributed by atoms with E-state index >= 15 is 0 Å². The number of carbonyl (C=O) groups is 3. The van der Waals surface area contributed by atoms with E-state index < -0.39 is 16.8 Å². The van der Waals surface area contributed by atoms with E-state index in [1.54, 1.807) is 6.92 Å². The number of rotatable bonds is 9. The van der Waals surface area contributed by atoms with Crippen molar-refractivity contribution < 1.29 is 24.4 Å². The van der Waals surface area contributed by atoms with Gasteiger partial charge in [0.15, 0.2) is 0 Å². The van der Waals surface area contributed by atoms with Crippen molar-refractivity contribution in [1.82, 2.24) is 10.2 Å². The Kier molecular flexibility index (Phi) is 7.51. The van der Waals surface area contributed by atoms with Crippen molar-refractivity contribution in [2.45, 2.75) is 32.7 Å². The number of nitrogens with zero attached hydrogens (tertiary/aromatic N) is 2. The van der Waals surface area contributed by atoms with Gasteiger partial charge in [-0.1, -0.05) is 6.92 Å². The molecule has 2 N–H and O–H groups in total. The van der Waals surface area contributed by atoms with Gasteiger partial charge in [0, 0.05) is 36.7 Å². The van der Waals surface area contributed by atoms with Crippen molar-refractivity contribution in [3.8, 4) is 0 Å². The van der Waals surface area contributed by atoms with E-state index in [1.165, 1.54) is 29.2 Å². The summed E-state index contributed by atoms with van der Waals surface area (Å²) in [5, 5.41) is 22.0. The lowest BCUT2D eigenvalue weighted by Gasteiger charge is -2.27. The van der Waals surface area contributed by atoms with E-state index in [-0.39, 0.29) is 42.7 Å². The number of carboxylic acids is 1. The van der Waals surface area contributed by atoms with Crippen LogP contribution in [0.25, 0.3) is 0 Å². The summed E-state index contributed by atoms with van der Waals surface area (Å²) in [6.07, 6.45) is 0.588. The molecular weight excluding hydrogens is 330 g/mol. The van der Waals surface area contributed by atoms with Crippen LogP contribution in [0.1, 0.15) is 37.0 Å². The van der Waals surface area contributed by atoms with Gasteiger partial charge in [-0.05, 0) is 25.5 Å². The molecule has 1 unspecified atom stereocenters. The van der Waals surface area contributed by atoms with Crippen molar-refractivity contribution in [3.63, 3.8) is 0 Å². The number of nitro groups is 1. The second-order valence-electron chi connectivity index (χ2n) is 5.48. The van der Waals surface area contributed by atoms with Crippen molar-refractivity contribution in [2.24, 2.45) is 0 Å². The number of benzene rings is 1. The van der Waals surface area contributed by atoms with Crippen LogP contribution in [-0.2, 0) is 9.59 Å². The largest absolute Gasteiger partial charge is 0.480 e. The van der Waals surface area contributed by atoms with Crippen LogP contribution in [0.3, 0.4) is 0 Å². The van der Waals surface area contributed by atoms with Crippen LogP contribution in [-0.4, -0.2) is 51.8 Å². The Hall–Kier alpha value is -2.97. The van der Waals surface area contributed by atoms with Gasteiger partial charge >= 0.3 is 5.97 Å². The Labute approximate surface area is 144 Å². The maximum Gasteiger partial charge on any atom is 0.323 e. The number of non-ortho nitro benzene ring substituents is 1. The van der Waals surface area contributed by atoms with E-state index in [0.29, 0.717) is 6.42 Å². The second-order valence-corrected chi connectivity index (χ2v) is 5.48. The predicted octanol–water partition coefficient (Wildman–Crippen LogP) is 1.43. The van der Waals surface area contributed by atoms with Crippen LogP contribution >= 0.6 is 0 Å². The lowest BCUT2D eigenvalue weighted by Crippen LogP contribution is -2.43. The lowest BCUT2D eigenvalue weighted by molar-refractivity contribution is -0.384. The molecule has 0 heterocycles. The molecule has 0 aliphatic rings. The van der Waals surface area contributed by atoms with Gasteiger partial charge in [-0.3, -0.25) is 24.5 Å².